The molecule has 1 aromatic carbocycles. The van der Waals surface area contributed by atoms with Gasteiger partial charge in [0.2, 0.25) is 0 Å². The molecule has 0 unspecified atom stereocenters. The zero-order valence-corrected chi connectivity index (χ0v) is 8.27. The van der Waals surface area contributed by atoms with Crippen LogP contribution in [0.2, 0.25) is 0 Å². The Labute approximate surface area is 83.3 Å². The highest BCUT2D eigenvalue weighted by Crippen LogP contribution is 2.18. The molecular weight excluding hydrogens is 182 g/mol. The van der Waals surface area contributed by atoms with Crippen LogP contribution in [0.1, 0.15) is 0 Å². The maximum atomic E-state index is 9.23. The fraction of sp³-hybridized carbons (Fsp3) is 0.400. The standard InChI is InChI=1S/C10H15NO3/c1-13-9-3-2-4-10(5-9)14-7-8(12)6-11/h2-5,8,12H,6-7,11H2,1H3/p+1/t8-/m1/s1. The predicted octanol–water partition coefficient (Wildman–Crippen LogP) is -0.323. The lowest BCUT2D eigenvalue weighted by molar-refractivity contribution is -0.384. The second-order valence-electron chi connectivity index (χ2n) is 2.93. The lowest BCUT2D eigenvalue weighted by Gasteiger charge is -2.09. The van der Waals surface area contributed by atoms with E-state index in [9.17, 15) is 5.11 Å². The molecule has 0 saturated carbocycles. The third-order valence-corrected chi connectivity index (χ3v) is 1.82. The lowest BCUT2D eigenvalue weighted by Crippen LogP contribution is -2.56. The first-order chi connectivity index (χ1) is 6.76. The van der Waals surface area contributed by atoms with E-state index < -0.39 is 6.10 Å². The maximum absolute atomic E-state index is 9.23. The van der Waals surface area contributed by atoms with Gasteiger partial charge in [0.15, 0.2) is 0 Å². The Morgan fingerprint density at radius 3 is 2.79 bits per heavy atom. The SMILES string of the molecule is COc1cccc(OC[C@H](O)C[NH3+])c1. The van der Waals surface area contributed by atoms with Gasteiger partial charge in [-0.2, -0.15) is 0 Å². The van der Waals surface area contributed by atoms with Crippen LogP contribution < -0.4 is 15.2 Å². The van der Waals surface area contributed by atoms with Crippen LogP contribution in [0, 0.1) is 0 Å². The van der Waals surface area contributed by atoms with Crippen molar-refractivity contribution in [2.24, 2.45) is 0 Å². The molecule has 1 rings (SSSR count). The summed E-state index contributed by atoms with van der Waals surface area (Å²) in [5.41, 5.74) is 3.58. The quantitative estimate of drug-likeness (QED) is 0.681. The molecule has 0 radical (unpaired) electrons. The van der Waals surface area contributed by atoms with Gasteiger partial charge in [-0.3, -0.25) is 0 Å². The van der Waals surface area contributed by atoms with Crippen LogP contribution in [0.4, 0.5) is 0 Å². The molecule has 0 amide bonds. The fourth-order valence-corrected chi connectivity index (χ4v) is 0.967. The number of aliphatic hydroxyl groups is 1. The maximum Gasteiger partial charge on any atom is 0.136 e. The zero-order chi connectivity index (χ0) is 10.4. The van der Waals surface area contributed by atoms with Gasteiger partial charge in [-0.1, -0.05) is 6.07 Å². The van der Waals surface area contributed by atoms with Crippen LogP contribution in [0.15, 0.2) is 24.3 Å². The molecule has 0 aliphatic heterocycles. The second kappa shape index (κ2) is 5.47. The summed E-state index contributed by atoms with van der Waals surface area (Å²) in [5.74, 6) is 1.43. The number of benzene rings is 1. The number of quaternary nitrogens is 1. The molecule has 4 heteroatoms. The molecule has 0 aromatic heterocycles. The first-order valence-corrected chi connectivity index (χ1v) is 4.50. The van der Waals surface area contributed by atoms with E-state index in [4.69, 9.17) is 9.47 Å². The molecule has 0 heterocycles. The second-order valence-corrected chi connectivity index (χ2v) is 2.93. The van der Waals surface area contributed by atoms with Gasteiger partial charge in [-0.15, -0.1) is 0 Å². The largest absolute Gasteiger partial charge is 0.497 e. The van der Waals surface area contributed by atoms with Gasteiger partial charge in [0.25, 0.3) is 0 Å². The van der Waals surface area contributed by atoms with Crippen molar-refractivity contribution >= 4 is 0 Å². The first kappa shape index (κ1) is 10.8. The molecule has 78 valence electrons. The van der Waals surface area contributed by atoms with Crippen molar-refractivity contribution in [3.05, 3.63) is 24.3 Å². The molecule has 0 saturated heterocycles. The molecule has 4 nitrogen and oxygen atoms in total. The van der Waals surface area contributed by atoms with Crippen LogP contribution in [0.5, 0.6) is 11.5 Å². The average molecular weight is 198 g/mol. The van der Waals surface area contributed by atoms with Gasteiger partial charge in [0.1, 0.15) is 30.8 Å². The van der Waals surface area contributed by atoms with Gasteiger partial charge >= 0.3 is 0 Å². The summed E-state index contributed by atoms with van der Waals surface area (Å²) in [6.07, 6.45) is -0.513. The van der Waals surface area contributed by atoms with E-state index in [1.54, 1.807) is 13.2 Å². The molecule has 0 aliphatic rings. The van der Waals surface area contributed by atoms with E-state index in [1.807, 2.05) is 18.2 Å². The number of hydrogen-bond donors (Lipinski definition) is 2. The molecule has 14 heavy (non-hydrogen) atoms. The van der Waals surface area contributed by atoms with Crippen molar-refractivity contribution in [1.29, 1.82) is 0 Å². The number of aliphatic hydroxyl groups excluding tert-OH is 1. The summed E-state index contributed by atoms with van der Waals surface area (Å²) in [6.45, 7) is 0.709. The van der Waals surface area contributed by atoms with E-state index in [-0.39, 0.29) is 6.61 Å². The van der Waals surface area contributed by atoms with E-state index in [0.29, 0.717) is 12.3 Å². The normalized spacial score (nSPS) is 12.2. The van der Waals surface area contributed by atoms with Crippen molar-refractivity contribution in [3.8, 4) is 11.5 Å². The topological polar surface area (TPSA) is 66.3 Å². The van der Waals surface area contributed by atoms with Crippen molar-refractivity contribution in [3.63, 3.8) is 0 Å². The van der Waals surface area contributed by atoms with Crippen LogP contribution in [0.3, 0.4) is 0 Å². The smallest absolute Gasteiger partial charge is 0.136 e. The van der Waals surface area contributed by atoms with E-state index in [1.165, 1.54) is 0 Å². The zero-order valence-electron chi connectivity index (χ0n) is 8.27. The Morgan fingerprint density at radius 2 is 2.14 bits per heavy atom. The molecule has 0 spiro atoms. The van der Waals surface area contributed by atoms with Crippen LogP contribution in [0.25, 0.3) is 0 Å². The predicted molar refractivity (Wildman–Crippen MR) is 52.3 cm³/mol. The van der Waals surface area contributed by atoms with Gasteiger partial charge in [-0.25, -0.2) is 0 Å². The highest BCUT2D eigenvalue weighted by atomic mass is 16.5. The Bertz CT molecular complexity index is 278. The molecule has 0 aliphatic carbocycles. The van der Waals surface area contributed by atoms with Crippen molar-refractivity contribution in [2.75, 3.05) is 20.3 Å². The van der Waals surface area contributed by atoms with Gasteiger partial charge < -0.3 is 20.3 Å². The minimum absolute atomic E-state index is 0.261. The summed E-state index contributed by atoms with van der Waals surface area (Å²) < 4.78 is 10.4. The number of ether oxygens (including phenoxy) is 2. The van der Waals surface area contributed by atoms with Crippen molar-refractivity contribution in [2.45, 2.75) is 6.10 Å². The Hall–Kier alpha value is -1.26. The number of rotatable bonds is 5. The Balaban J connectivity index is 2.50. The summed E-state index contributed by atoms with van der Waals surface area (Å²) in [6, 6.07) is 7.27. The summed E-state index contributed by atoms with van der Waals surface area (Å²) in [7, 11) is 1.60. The third-order valence-electron chi connectivity index (χ3n) is 1.82. The Kier molecular flexibility index (Phi) is 4.22. The molecular formula is C10H16NO3+. The molecule has 1 atom stereocenters. The van der Waals surface area contributed by atoms with Crippen molar-refractivity contribution in [1.82, 2.24) is 0 Å². The van der Waals surface area contributed by atoms with Gasteiger partial charge in [-0.05, 0) is 12.1 Å². The number of methoxy groups -OCH3 is 1. The van der Waals surface area contributed by atoms with Crippen molar-refractivity contribution < 1.29 is 20.3 Å². The fourth-order valence-electron chi connectivity index (χ4n) is 0.967. The molecule has 0 bridgehead atoms. The first-order valence-electron chi connectivity index (χ1n) is 4.50. The summed E-state index contributed by atoms with van der Waals surface area (Å²) >= 11 is 0. The van der Waals surface area contributed by atoms with E-state index in [2.05, 4.69) is 5.73 Å². The van der Waals surface area contributed by atoms with Crippen LogP contribution in [-0.2, 0) is 0 Å². The van der Waals surface area contributed by atoms with E-state index in [0.717, 1.165) is 5.75 Å². The van der Waals surface area contributed by atoms with Gasteiger partial charge in [0.05, 0.1) is 7.11 Å². The van der Waals surface area contributed by atoms with E-state index >= 15 is 0 Å². The molecule has 0 fully saturated rings. The monoisotopic (exact) mass is 198 g/mol. The minimum Gasteiger partial charge on any atom is -0.497 e. The van der Waals surface area contributed by atoms with Gasteiger partial charge in [0, 0.05) is 6.07 Å². The highest BCUT2D eigenvalue weighted by Gasteiger charge is 2.04. The highest BCUT2D eigenvalue weighted by molar-refractivity contribution is 5.32. The molecule has 4 N–H and O–H groups in total. The summed E-state index contributed by atoms with van der Waals surface area (Å²) in [5, 5.41) is 9.23. The summed E-state index contributed by atoms with van der Waals surface area (Å²) in [4.78, 5) is 0. The third kappa shape index (κ3) is 3.24. The van der Waals surface area contributed by atoms with Crippen LogP contribution >= 0.6 is 0 Å². The molecule has 1 aromatic rings. The number of hydrogen-bond acceptors (Lipinski definition) is 3. The Morgan fingerprint density at radius 1 is 1.43 bits per heavy atom. The lowest BCUT2D eigenvalue weighted by atomic mass is 10.3. The minimum atomic E-state index is -0.513. The average Bonchev–Trinajstić information content (AvgIpc) is 2.26. The van der Waals surface area contributed by atoms with Crippen LogP contribution in [-0.4, -0.2) is 31.5 Å².